The number of benzene rings is 2. The van der Waals surface area contributed by atoms with Gasteiger partial charge in [-0.05, 0) is 37.1 Å². The fraction of sp³-hybridized carbons (Fsp3) is 0.143. The van der Waals surface area contributed by atoms with Gasteiger partial charge in [0.2, 0.25) is 0 Å². The third-order valence-corrected chi connectivity index (χ3v) is 2.67. The van der Waals surface area contributed by atoms with Crippen molar-refractivity contribution in [2.75, 3.05) is 5.06 Å². The molecule has 2 aromatic rings. The standard InChI is InChI=1S/C14H14NO/c1-11-7-3-5-9-13(11)15(16)14-10-6-4-8-12(14)2/h3-10H,1-2H3/q-1. The molecule has 0 atom stereocenters. The first-order chi connectivity index (χ1) is 7.70. The monoisotopic (exact) mass is 212 g/mol. The molecule has 0 saturated heterocycles. The Hall–Kier alpha value is -1.80. The van der Waals surface area contributed by atoms with Crippen molar-refractivity contribution >= 4 is 11.4 Å². The highest BCUT2D eigenvalue weighted by Crippen LogP contribution is 2.29. The minimum atomic E-state index is 0.705. The van der Waals surface area contributed by atoms with E-state index in [0.29, 0.717) is 11.4 Å². The van der Waals surface area contributed by atoms with E-state index < -0.39 is 0 Å². The van der Waals surface area contributed by atoms with Gasteiger partial charge in [-0.1, -0.05) is 36.4 Å². The van der Waals surface area contributed by atoms with Gasteiger partial charge in [-0.2, -0.15) is 0 Å². The largest absolute Gasteiger partial charge is 0.754 e. The molecule has 2 heteroatoms. The zero-order chi connectivity index (χ0) is 11.5. The van der Waals surface area contributed by atoms with E-state index in [1.807, 2.05) is 62.4 Å². The van der Waals surface area contributed by atoms with Crippen LogP contribution in [-0.2, 0) is 0 Å². The van der Waals surface area contributed by atoms with Crippen molar-refractivity contribution in [3.63, 3.8) is 0 Å². The zero-order valence-corrected chi connectivity index (χ0v) is 9.47. The van der Waals surface area contributed by atoms with E-state index in [2.05, 4.69) is 0 Å². The predicted molar refractivity (Wildman–Crippen MR) is 67.9 cm³/mol. The van der Waals surface area contributed by atoms with Gasteiger partial charge in [0.1, 0.15) is 0 Å². The molecule has 0 spiro atoms. The van der Waals surface area contributed by atoms with E-state index in [0.717, 1.165) is 16.2 Å². The Labute approximate surface area is 95.7 Å². The van der Waals surface area contributed by atoms with E-state index in [1.54, 1.807) is 0 Å². The fourth-order valence-electron chi connectivity index (χ4n) is 1.71. The molecule has 2 aromatic carbocycles. The van der Waals surface area contributed by atoms with E-state index in [-0.39, 0.29) is 0 Å². The van der Waals surface area contributed by atoms with Crippen molar-refractivity contribution in [1.29, 1.82) is 0 Å². The number of nitrogens with zero attached hydrogens (tertiary/aromatic N) is 1. The van der Waals surface area contributed by atoms with Crippen LogP contribution < -0.4 is 5.06 Å². The van der Waals surface area contributed by atoms with Crippen molar-refractivity contribution in [1.82, 2.24) is 0 Å². The molecule has 0 saturated carbocycles. The molecule has 0 amide bonds. The molecule has 0 fully saturated rings. The molecule has 2 rings (SSSR count). The average molecular weight is 212 g/mol. The second kappa shape index (κ2) is 4.37. The fourth-order valence-corrected chi connectivity index (χ4v) is 1.71. The Bertz CT molecular complexity index is 448. The maximum atomic E-state index is 12.2. The highest BCUT2D eigenvalue weighted by molar-refractivity contribution is 5.69. The lowest BCUT2D eigenvalue weighted by molar-refractivity contribution is 1.23. The normalized spacial score (nSPS) is 10.2. The van der Waals surface area contributed by atoms with Crippen LogP contribution in [0.3, 0.4) is 0 Å². The van der Waals surface area contributed by atoms with Crippen LogP contribution in [0.2, 0.25) is 0 Å². The number of para-hydroxylation sites is 2. The van der Waals surface area contributed by atoms with Gasteiger partial charge in [0.25, 0.3) is 0 Å². The Morgan fingerprint density at radius 1 is 0.750 bits per heavy atom. The van der Waals surface area contributed by atoms with Crippen molar-refractivity contribution in [3.8, 4) is 0 Å². The van der Waals surface area contributed by atoms with Gasteiger partial charge < -0.3 is 10.3 Å². The van der Waals surface area contributed by atoms with Crippen LogP contribution in [0.5, 0.6) is 0 Å². The molecule has 2 nitrogen and oxygen atoms in total. The summed E-state index contributed by atoms with van der Waals surface area (Å²) in [4.78, 5) is 0. The van der Waals surface area contributed by atoms with Gasteiger partial charge in [0.15, 0.2) is 0 Å². The summed E-state index contributed by atoms with van der Waals surface area (Å²) in [5, 5.41) is 13.2. The number of hydrogen-bond acceptors (Lipinski definition) is 2. The van der Waals surface area contributed by atoms with E-state index in [4.69, 9.17) is 0 Å². The molecule has 82 valence electrons. The molecule has 0 aliphatic heterocycles. The third-order valence-electron chi connectivity index (χ3n) is 2.67. The first-order valence-corrected chi connectivity index (χ1v) is 5.28. The van der Waals surface area contributed by atoms with Crippen LogP contribution in [0.15, 0.2) is 48.5 Å². The zero-order valence-electron chi connectivity index (χ0n) is 9.47. The molecular formula is C14H14NO-. The van der Waals surface area contributed by atoms with Gasteiger partial charge >= 0.3 is 0 Å². The van der Waals surface area contributed by atoms with E-state index in [1.165, 1.54) is 0 Å². The minimum absolute atomic E-state index is 0.705. The van der Waals surface area contributed by atoms with Crippen LogP contribution in [0.1, 0.15) is 11.1 Å². The molecule has 0 radical (unpaired) electrons. The van der Waals surface area contributed by atoms with Crippen LogP contribution in [0, 0.1) is 19.1 Å². The summed E-state index contributed by atoms with van der Waals surface area (Å²) in [6, 6.07) is 15.2. The van der Waals surface area contributed by atoms with Crippen LogP contribution in [0.4, 0.5) is 11.4 Å². The van der Waals surface area contributed by atoms with Crippen LogP contribution in [0.25, 0.3) is 0 Å². The van der Waals surface area contributed by atoms with E-state index >= 15 is 0 Å². The second-order valence-electron chi connectivity index (χ2n) is 3.87. The maximum absolute atomic E-state index is 12.2. The van der Waals surface area contributed by atoms with Crippen molar-refractivity contribution in [2.24, 2.45) is 0 Å². The van der Waals surface area contributed by atoms with Crippen molar-refractivity contribution in [2.45, 2.75) is 13.8 Å². The lowest BCUT2D eigenvalue weighted by Gasteiger charge is -2.33. The molecule has 16 heavy (non-hydrogen) atoms. The lowest BCUT2D eigenvalue weighted by Crippen LogP contribution is -2.09. The summed E-state index contributed by atoms with van der Waals surface area (Å²) in [5.41, 5.74) is 3.38. The molecular weight excluding hydrogens is 198 g/mol. The maximum Gasteiger partial charge on any atom is 0.0333 e. The Morgan fingerprint density at radius 2 is 1.12 bits per heavy atom. The molecule has 0 aliphatic carbocycles. The first-order valence-electron chi connectivity index (χ1n) is 5.28. The third kappa shape index (κ3) is 1.92. The van der Waals surface area contributed by atoms with Crippen molar-refractivity contribution < 1.29 is 0 Å². The Kier molecular flexibility index (Phi) is 2.93. The van der Waals surface area contributed by atoms with Gasteiger partial charge in [-0.3, -0.25) is 0 Å². The van der Waals surface area contributed by atoms with E-state index in [9.17, 15) is 5.21 Å². The Morgan fingerprint density at radius 3 is 1.50 bits per heavy atom. The summed E-state index contributed by atoms with van der Waals surface area (Å²) in [5.74, 6) is 0. The number of aryl methyl sites for hydroxylation is 2. The minimum Gasteiger partial charge on any atom is -0.754 e. The summed E-state index contributed by atoms with van der Waals surface area (Å²) in [6.45, 7) is 3.89. The number of hydrogen-bond donors (Lipinski definition) is 0. The van der Waals surface area contributed by atoms with Crippen LogP contribution >= 0.6 is 0 Å². The first kappa shape index (κ1) is 10.7. The molecule has 0 N–H and O–H groups in total. The van der Waals surface area contributed by atoms with Crippen molar-refractivity contribution in [3.05, 3.63) is 64.9 Å². The molecule has 0 aromatic heterocycles. The highest BCUT2D eigenvalue weighted by atomic mass is 16.5. The topological polar surface area (TPSA) is 26.3 Å². The van der Waals surface area contributed by atoms with Crippen LogP contribution in [-0.4, -0.2) is 0 Å². The molecule has 0 heterocycles. The average Bonchev–Trinajstić information content (AvgIpc) is 2.29. The van der Waals surface area contributed by atoms with Gasteiger partial charge in [-0.15, -0.1) is 0 Å². The number of anilines is 2. The molecule has 0 unspecified atom stereocenters. The quantitative estimate of drug-likeness (QED) is 0.705. The molecule has 0 bridgehead atoms. The smallest absolute Gasteiger partial charge is 0.0333 e. The summed E-state index contributed by atoms with van der Waals surface area (Å²) >= 11 is 0. The summed E-state index contributed by atoms with van der Waals surface area (Å²) < 4.78 is 0. The predicted octanol–water partition coefficient (Wildman–Crippen LogP) is 3.94. The number of rotatable bonds is 2. The van der Waals surface area contributed by atoms with Gasteiger partial charge in [0, 0.05) is 11.4 Å². The summed E-state index contributed by atoms with van der Waals surface area (Å²) in [7, 11) is 0. The lowest BCUT2D eigenvalue weighted by atomic mass is 10.1. The summed E-state index contributed by atoms with van der Waals surface area (Å²) in [6.07, 6.45) is 0. The Balaban J connectivity index is 2.44. The second-order valence-corrected chi connectivity index (χ2v) is 3.87. The highest BCUT2D eigenvalue weighted by Gasteiger charge is 2.03. The van der Waals surface area contributed by atoms with Gasteiger partial charge in [-0.25, -0.2) is 0 Å². The molecule has 0 aliphatic rings. The SMILES string of the molecule is Cc1ccccc1N([O-])c1ccccc1C. The van der Waals surface area contributed by atoms with Gasteiger partial charge in [0.05, 0.1) is 0 Å².